The molecular formula is C17H21N3O2S. The molecule has 1 aromatic heterocycles. The molecule has 3 rings (SSSR count). The highest BCUT2D eigenvalue weighted by atomic mass is 32.2. The molecule has 1 amide bonds. The summed E-state index contributed by atoms with van der Waals surface area (Å²) in [6.45, 7) is 0. The van der Waals surface area contributed by atoms with Gasteiger partial charge in [0, 0.05) is 23.7 Å². The number of hydrogen-bond donors (Lipinski definition) is 2. The van der Waals surface area contributed by atoms with Crippen molar-refractivity contribution in [1.82, 2.24) is 15.1 Å². The molecule has 2 aromatic rings. The summed E-state index contributed by atoms with van der Waals surface area (Å²) in [5.41, 5.74) is 1.67. The highest BCUT2D eigenvalue weighted by Gasteiger charge is 2.36. The third-order valence-electron chi connectivity index (χ3n) is 4.34. The molecule has 1 heterocycles. The first-order valence-corrected chi connectivity index (χ1v) is 8.91. The number of benzene rings is 1. The molecule has 5 nitrogen and oxygen atoms in total. The van der Waals surface area contributed by atoms with Gasteiger partial charge in [0.05, 0.1) is 23.9 Å². The molecule has 0 aliphatic heterocycles. The Labute approximate surface area is 140 Å². The van der Waals surface area contributed by atoms with Gasteiger partial charge in [-0.15, -0.1) is 11.8 Å². The van der Waals surface area contributed by atoms with Crippen molar-refractivity contribution in [2.24, 2.45) is 13.0 Å². The second-order valence-electron chi connectivity index (χ2n) is 5.98. The predicted molar refractivity (Wildman–Crippen MR) is 90.4 cm³/mol. The fraction of sp³-hybridized carbons (Fsp3) is 0.412. The van der Waals surface area contributed by atoms with E-state index in [0.717, 1.165) is 10.5 Å². The second-order valence-corrected chi connectivity index (χ2v) is 6.83. The van der Waals surface area contributed by atoms with E-state index in [9.17, 15) is 9.90 Å². The Morgan fingerprint density at radius 2 is 2.17 bits per heavy atom. The van der Waals surface area contributed by atoms with Crippen LogP contribution in [0.15, 0.2) is 41.6 Å². The number of aryl methyl sites for hydroxylation is 1. The van der Waals surface area contributed by atoms with Gasteiger partial charge in [-0.05, 0) is 37.1 Å². The molecule has 0 bridgehead atoms. The SMILES string of the molecule is CSc1ccccc1C(=O)N[C@@H](c1cnn(C)c1)C1CC(O)C1. The van der Waals surface area contributed by atoms with Crippen LogP contribution >= 0.6 is 11.8 Å². The van der Waals surface area contributed by atoms with Crippen LogP contribution in [0.3, 0.4) is 0 Å². The molecule has 122 valence electrons. The van der Waals surface area contributed by atoms with Crippen LogP contribution in [0.4, 0.5) is 0 Å². The van der Waals surface area contributed by atoms with Crippen molar-refractivity contribution in [3.63, 3.8) is 0 Å². The van der Waals surface area contributed by atoms with Gasteiger partial charge < -0.3 is 10.4 Å². The highest BCUT2D eigenvalue weighted by Crippen LogP contribution is 2.38. The second kappa shape index (κ2) is 6.76. The fourth-order valence-corrected chi connectivity index (χ4v) is 3.62. The van der Waals surface area contributed by atoms with Gasteiger partial charge in [0.15, 0.2) is 0 Å². The van der Waals surface area contributed by atoms with Crippen molar-refractivity contribution in [3.05, 3.63) is 47.8 Å². The molecule has 0 radical (unpaired) electrons. The van der Waals surface area contributed by atoms with Gasteiger partial charge in [-0.1, -0.05) is 12.1 Å². The van der Waals surface area contributed by atoms with Gasteiger partial charge in [0.2, 0.25) is 0 Å². The number of carbonyl (C=O) groups excluding carboxylic acids is 1. The van der Waals surface area contributed by atoms with E-state index in [1.165, 1.54) is 0 Å². The molecule has 1 aromatic carbocycles. The number of hydrogen-bond acceptors (Lipinski definition) is 4. The van der Waals surface area contributed by atoms with Crippen LogP contribution in [0.25, 0.3) is 0 Å². The fourth-order valence-electron chi connectivity index (χ4n) is 3.03. The minimum Gasteiger partial charge on any atom is -0.393 e. The average Bonchev–Trinajstić information content (AvgIpc) is 2.96. The Kier molecular flexibility index (Phi) is 4.73. The molecule has 0 unspecified atom stereocenters. The van der Waals surface area contributed by atoms with Gasteiger partial charge in [0.1, 0.15) is 0 Å². The van der Waals surface area contributed by atoms with Crippen LogP contribution in [0, 0.1) is 5.92 Å². The minimum absolute atomic E-state index is 0.0785. The van der Waals surface area contributed by atoms with Gasteiger partial charge in [-0.3, -0.25) is 9.48 Å². The first kappa shape index (κ1) is 16.1. The molecule has 6 heteroatoms. The number of thioether (sulfide) groups is 1. The van der Waals surface area contributed by atoms with E-state index in [1.54, 1.807) is 22.6 Å². The van der Waals surface area contributed by atoms with Crippen molar-refractivity contribution in [2.75, 3.05) is 6.26 Å². The largest absolute Gasteiger partial charge is 0.393 e. The zero-order valence-corrected chi connectivity index (χ0v) is 14.1. The Hall–Kier alpha value is -1.79. The quantitative estimate of drug-likeness (QED) is 0.826. The lowest BCUT2D eigenvalue weighted by Gasteiger charge is -2.37. The summed E-state index contributed by atoms with van der Waals surface area (Å²) in [5, 5.41) is 17.0. The smallest absolute Gasteiger partial charge is 0.252 e. The van der Waals surface area contributed by atoms with E-state index in [1.807, 2.05) is 43.8 Å². The van der Waals surface area contributed by atoms with Crippen molar-refractivity contribution in [2.45, 2.75) is 29.9 Å². The summed E-state index contributed by atoms with van der Waals surface area (Å²) < 4.78 is 1.74. The minimum atomic E-state index is -0.255. The van der Waals surface area contributed by atoms with Crippen LogP contribution in [0.1, 0.15) is 34.8 Å². The van der Waals surface area contributed by atoms with Gasteiger partial charge in [-0.2, -0.15) is 5.10 Å². The summed E-state index contributed by atoms with van der Waals surface area (Å²) in [6, 6.07) is 7.49. The summed E-state index contributed by atoms with van der Waals surface area (Å²) in [4.78, 5) is 13.7. The number of amides is 1. The molecule has 1 saturated carbocycles. The normalized spacial score (nSPS) is 21.5. The molecule has 0 spiro atoms. The maximum Gasteiger partial charge on any atom is 0.252 e. The number of nitrogens with zero attached hydrogens (tertiary/aromatic N) is 2. The predicted octanol–water partition coefficient (Wildman–Crippen LogP) is 2.38. The lowest BCUT2D eigenvalue weighted by atomic mass is 9.75. The van der Waals surface area contributed by atoms with E-state index in [-0.39, 0.29) is 24.0 Å². The van der Waals surface area contributed by atoms with E-state index >= 15 is 0 Å². The van der Waals surface area contributed by atoms with Crippen LogP contribution in [0.5, 0.6) is 0 Å². The Balaban J connectivity index is 1.82. The van der Waals surface area contributed by atoms with Crippen molar-refractivity contribution in [1.29, 1.82) is 0 Å². The lowest BCUT2D eigenvalue weighted by Crippen LogP contribution is -2.41. The summed E-state index contributed by atoms with van der Waals surface area (Å²) in [7, 11) is 1.86. The topological polar surface area (TPSA) is 67.2 Å². The number of aliphatic hydroxyl groups excluding tert-OH is 1. The first-order chi connectivity index (χ1) is 11.1. The standard InChI is InChI=1S/C17H21N3O2S/c1-20-10-12(9-18-20)16(11-7-13(21)8-11)19-17(22)14-5-3-4-6-15(14)23-2/h3-6,9-11,13,16,21H,7-8H2,1-2H3,(H,19,22)/t11?,13?,16-/m1/s1. The van der Waals surface area contributed by atoms with Crippen LogP contribution in [-0.2, 0) is 7.05 Å². The third kappa shape index (κ3) is 3.43. The Morgan fingerprint density at radius 3 is 2.78 bits per heavy atom. The monoisotopic (exact) mass is 331 g/mol. The van der Waals surface area contributed by atoms with Crippen molar-refractivity contribution < 1.29 is 9.90 Å². The Morgan fingerprint density at radius 1 is 1.43 bits per heavy atom. The molecule has 23 heavy (non-hydrogen) atoms. The summed E-state index contributed by atoms with van der Waals surface area (Å²) in [6.07, 6.45) is 6.85. The van der Waals surface area contributed by atoms with Crippen molar-refractivity contribution in [3.8, 4) is 0 Å². The average molecular weight is 331 g/mol. The third-order valence-corrected chi connectivity index (χ3v) is 5.14. The molecule has 1 atom stereocenters. The van der Waals surface area contributed by atoms with E-state index < -0.39 is 0 Å². The maximum absolute atomic E-state index is 12.7. The van der Waals surface area contributed by atoms with Crippen molar-refractivity contribution >= 4 is 17.7 Å². The zero-order valence-electron chi connectivity index (χ0n) is 13.3. The molecular weight excluding hydrogens is 310 g/mol. The number of rotatable bonds is 5. The number of aliphatic hydroxyl groups is 1. The number of aromatic nitrogens is 2. The van der Waals surface area contributed by atoms with Crippen LogP contribution < -0.4 is 5.32 Å². The molecule has 1 aliphatic rings. The Bertz CT molecular complexity index is 695. The number of nitrogens with one attached hydrogen (secondary N) is 1. The number of carbonyl (C=O) groups is 1. The van der Waals surface area contributed by atoms with Gasteiger partial charge >= 0.3 is 0 Å². The lowest BCUT2D eigenvalue weighted by molar-refractivity contribution is 0.0235. The molecule has 2 N–H and O–H groups in total. The van der Waals surface area contributed by atoms with Gasteiger partial charge in [-0.25, -0.2) is 0 Å². The zero-order chi connectivity index (χ0) is 16.4. The van der Waals surface area contributed by atoms with E-state index in [2.05, 4.69) is 10.4 Å². The maximum atomic E-state index is 12.7. The van der Waals surface area contributed by atoms with Crippen LogP contribution in [-0.4, -0.2) is 33.2 Å². The first-order valence-electron chi connectivity index (χ1n) is 7.69. The molecule has 1 aliphatic carbocycles. The molecule has 1 fully saturated rings. The molecule has 0 saturated heterocycles. The highest BCUT2D eigenvalue weighted by molar-refractivity contribution is 7.98. The van der Waals surface area contributed by atoms with Crippen LogP contribution in [0.2, 0.25) is 0 Å². The summed E-state index contributed by atoms with van der Waals surface area (Å²) >= 11 is 1.56. The van der Waals surface area contributed by atoms with E-state index in [4.69, 9.17) is 0 Å². The summed E-state index contributed by atoms with van der Waals surface area (Å²) in [5.74, 6) is 0.171. The van der Waals surface area contributed by atoms with E-state index in [0.29, 0.717) is 18.4 Å². The van der Waals surface area contributed by atoms with Gasteiger partial charge in [0.25, 0.3) is 5.91 Å².